The second-order valence-corrected chi connectivity index (χ2v) is 8.58. The summed E-state index contributed by atoms with van der Waals surface area (Å²) in [6.07, 6.45) is 1.55. The average Bonchev–Trinajstić information content (AvgIpc) is 3.02. The predicted molar refractivity (Wildman–Crippen MR) is 106 cm³/mol. The zero-order valence-corrected chi connectivity index (χ0v) is 16.3. The number of ether oxygens (including phenoxy) is 1. The predicted octanol–water partition coefficient (Wildman–Crippen LogP) is 2.42. The van der Waals surface area contributed by atoms with E-state index in [2.05, 4.69) is 0 Å². The molecule has 1 aliphatic rings. The number of carbonyl (C=O) groups excluding carboxylic acids is 2. The molecule has 0 saturated carbocycles. The van der Waals surface area contributed by atoms with Crippen molar-refractivity contribution in [3.8, 4) is 0 Å². The van der Waals surface area contributed by atoms with E-state index in [9.17, 15) is 18.0 Å². The molecular weight excluding hydrogens is 378 g/mol. The summed E-state index contributed by atoms with van der Waals surface area (Å²) in [7, 11) is -3.34. The van der Waals surface area contributed by atoms with Crippen LogP contribution in [-0.4, -0.2) is 38.7 Å². The molecule has 2 aromatic carbocycles. The molecule has 3 rings (SSSR count). The molecule has 0 aromatic heterocycles. The molecule has 1 heterocycles. The first-order valence-corrected chi connectivity index (χ1v) is 10.5. The highest BCUT2D eigenvalue weighted by Gasteiger charge is 2.31. The molecule has 1 amide bonds. The van der Waals surface area contributed by atoms with Crippen molar-refractivity contribution < 1.29 is 22.7 Å². The van der Waals surface area contributed by atoms with Crippen molar-refractivity contribution in [2.75, 3.05) is 17.3 Å². The van der Waals surface area contributed by atoms with E-state index in [1.54, 1.807) is 30.3 Å². The van der Waals surface area contributed by atoms with Crippen LogP contribution < -0.4 is 4.90 Å². The number of nitrogens with zero attached hydrogens (tertiary/aromatic N) is 1. The zero-order valence-electron chi connectivity index (χ0n) is 15.4. The number of sulfone groups is 1. The summed E-state index contributed by atoms with van der Waals surface area (Å²) in [4.78, 5) is 26.2. The Labute approximate surface area is 164 Å². The highest BCUT2D eigenvalue weighted by molar-refractivity contribution is 7.94. The molecule has 1 atom stereocenters. The molecule has 0 aliphatic carbocycles. The number of hydrogen-bond acceptors (Lipinski definition) is 5. The van der Waals surface area contributed by atoms with E-state index in [4.69, 9.17) is 4.74 Å². The highest BCUT2D eigenvalue weighted by atomic mass is 32.2. The van der Waals surface area contributed by atoms with Crippen LogP contribution in [0.25, 0.3) is 0 Å². The number of esters is 1. The smallest absolute Gasteiger partial charge is 0.310 e. The topological polar surface area (TPSA) is 80.8 Å². The molecule has 0 unspecified atom stereocenters. The molecule has 0 spiro atoms. The van der Waals surface area contributed by atoms with E-state index in [1.165, 1.54) is 11.0 Å². The van der Waals surface area contributed by atoms with Gasteiger partial charge in [0.2, 0.25) is 0 Å². The van der Waals surface area contributed by atoms with Gasteiger partial charge in [0.25, 0.3) is 5.91 Å². The lowest BCUT2D eigenvalue weighted by molar-refractivity contribution is -0.147. The molecule has 28 heavy (non-hydrogen) atoms. The summed E-state index contributed by atoms with van der Waals surface area (Å²) in [5, 5.41) is 1.12. The van der Waals surface area contributed by atoms with Crippen LogP contribution in [0, 0.1) is 6.92 Å². The molecule has 0 saturated heterocycles. The Kier molecular flexibility index (Phi) is 5.94. The van der Waals surface area contributed by atoms with Crippen molar-refractivity contribution in [3.05, 3.63) is 77.2 Å². The highest BCUT2D eigenvalue weighted by Crippen LogP contribution is 2.22. The van der Waals surface area contributed by atoms with E-state index in [0.29, 0.717) is 5.69 Å². The first-order valence-electron chi connectivity index (χ1n) is 8.83. The summed E-state index contributed by atoms with van der Waals surface area (Å²) in [6, 6.07) is 15.6. The van der Waals surface area contributed by atoms with Crippen LogP contribution in [0.5, 0.6) is 0 Å². The van der Waals surface area contributed by atoms with Crippen LogP contribution in [-0.2, 0) is 30.6 Å². The molecular formula is C21H21NO5S. The van der Waals surface area contributed by atoms with Crippen molar-refractivity contribution in [2.45, 2.75) is 19.4 Å². The van der Waals surface area contributed by atoms with Gasteiger partial charge in [0.15, 0.2) is 16.4 Å². The number of rotatable bonds is 6. The van der Waals surface area contributed by atoms with Gasteiger partial charge < -0.3 is 9.64 Å². The van der Waals surface area contributed by atoms with Crippen LogP contribution in [0.2, 0.25) is 0 Å². The average molecular weight is 399 g/mol. The minimum Gasteiger partial charge on any atom is -0.455 e. The Bertz CT molecular complexity index is 981. The SMILES string of the molecule is Cc1ccc(CC(=O)OCC(=O)N(c2ccccc2)[C@H]2C=CS(=O)(=O)C2)cc1. The van der Waals surface area contributed by atoms with Gasteiger partial charge in [0.1, 0.15) is 0 Å². The van der Waals surface area contributed by atoms with E-state index < -0.39 is 34.4 Å². The van der Waals surface area contributed by atoms with Gasteiger partial charge in [0.05, 0.1) is 18.2 Å². The molecule has 0 bridgehead atoms. The monoisotopic (exact) mass is 399 g/mol. The summed E-state index contributed by atoms with van der Waals surface area (Å²) < 4.78 is 28.7. The lowest BCUT2D eigenvalue weighted by atomic mass is 10.1. The maximum Gasteiger partial charge on any atom is 0.310 e. The van der Waals surface area contributed by atoms with Gasteiger partial charge >= 0.3 is 5.97 Å². The van der Waals surface area contributed by atoms with Crippen molar-refractivity contribution in [1.29, 1.82) is 0 Å². The van der Waals surface area contributed by atoms with Crippen LogP contribution in [0.15, 0.2) is 66.1 Å². The van der Waals surface area contributed by atoms with Gasteiger partial charge in [-0.2, -0.15) is 0 Å². The molecule has 6 nitrogen and oxygen atoms in total. The maximum atomic E-state index is 12.8. The summed E-state index contributed by atoms with van der Waals surface area (Å²) in [6.45, 7) is 1.50. The van der Waals surface area contributed by atoms with Gasteiger partial charge in [-0.25, -0.2) is 8.42 Å². The molecule has 0 radical (unpaired) electrons. The summed E-state index contributed by atoms with van der Waals surface area (Å²) in [5.74, 6) is -1.18. The number of aryl methyl sites for hydroxylation is 1. The Morgan fingerprint density at radius 2 is 1.75 bits per heavy atom. The third-order valence-corrected chi connectivity index (χ3v) is 5.75. The zero-order chi connectivity index (χ0) is 20.1. The second kappa shape index (κ2) is 8.39. The number of amides is 1. The molecule has 2 aromatic rings. The fourth-order valence-corrected chi connectivity index (χ4v) is 4.23. The Balaban J connectivity index is 1.67. The normalized spacial score (nSPS) is 17.2. The Morgan fingerprint density at radius 3 is 2.36 bits per heavy atom. The number of hydrogen-bond donors (Lipinski definition) is 0. The van der Waals surface area contributed by atoms with Gasteiger partial charge in [0, 0.05) is 11.1 Å². The lowest BCUT2D eigenvalue weighted by Crippen LogP contribution is -2.43. The van der Waals surface area contributed by atoms with E-state index in [-0.39, 0.29) is 12.2 Å². The summed E-state index contributed by atoms with van der Waals surface area (Å²) >= 11 is 0. The molecule has 7 heteroatoms. The van der Waals surface area contributed by atoms with E-state index in [0.717, 1.165) is 16.5 Å². The molecule has 146 valence electrons. The Hall–Kier alpha value is -2.93. The number of anilines is 1. The van der Waals surface area contributed by atoms with E-state index in [1.807, 2.05) is 31.2 Å². The van der Waals surface area contributed by atoms with Crippen molar-refractivity contribution in [2.24, 2.45) is 0 Å². The van der Waals surface area contributed by atoms with Crippen molar-refractivity contribution in [3.63, 3.8) is 0 Å². The lowest BCUT2D eigenvalue weighted by Gasteiger charge is -2.27. The summed E-state index contributed by atoms with van der Waals surface area (Å²) in [5.41, 5.74) is 2.44. The minimum atomic E-state index is -3.34. The van der Waals surface area contributed by atoms with Crippen molar-refractivity contribution >= 4 is 27.4 Å². The van der Waals surface area contributed by atoms with Gasteiger partial charge in [-0.15, -0.1) is 0 Å². The number of carbonyl (C=O) groups is 2. The number of benzene rings is 2. The standard InChI is InChI=1S/C21H21NO5S/c1-16-7-9-17(10-8-16)13-21(24)27-14-20(23)22(18-5-3-2-4-6-18)19-11-12-28(25,26)15-19/h2-12,19H,13-15H2,1H3/t19-/m0/s1. The largest absolute Gasteiger partial charge is 0.455 e. The van der Waals surface area contributed by atoms with Gasteiger partial charge in [-0.1, -0.05) is 48.0 Å². The van der Waals surface area contributed by atoms with Crippen LogP contribution in [0.4, 0.5) is 5.69 Å². The molecule has 0 N–H and O–H groups in total. The van der Waals surface area contributed by atoms with Crippen LogP contribution in [0.3, 0.4) is 0 Å². The van der Waals surface area contributed by atoms with E-state index >= 15 is 0 Å². The molecule has 1 aliphatic heterocycles. The Morgan fingerprint density at radius 1 is 1.07 bits per heavy atom. The van der Waals surface area contributed by atoms with Crippen LogP contribution >= 0.6 is 0 Å². The third kappa shape index (κ3) is 5.07. The maximum absolute atomic E-state index is 12.8. The van der Waals surface area contributed by atoms with Crippen LogP contribution in [0.1, 0.15) is 11.1 Å². The molecule has 0 fully saturated rings. The fraction of sp³-hybridized carbons (Fsp3) is 0.238. The quantitative estimate of drug-likeness (QED) is 0.697. The van der Waals surface area contributed by atoms with Gasteiger partial charge in [-0.3, -0.25) is 9.59 Å². The van der Waals surface area contributed by atoms with Crippen molar-refractivity contribution in [1.82, 2.24) is 0 Å². The fourth-order valence-electron chi connectivity index (χ4n) is 2.96. The number of para-hydroxylation sites is 1. The first-order chi connectivity index (χ1) is 13.3. The second-order valence-electron chi connectivity index (χ2n) is 6.65. The van der Waals surface area contributed by atoms with Gasteiger partial charge in [-0.05, 0) is 30.7 Å². The first kappa shape index (κ1) is 19.8. The minimum absolute atomic E-state index is 0.0661. The third-order valence-electron chi connectivity index (χ3n) is 4.37.